The van der Waals surface area contributed by atoms with Crippen LogP contribution < -0.4 is 5.32 Å². The summed E-state index contributed by atoms with van der Waals surface area (Å²) >= 11 is 1.50. The number of carbonyl (C=O) groups is 2. The summed E-state index contributed by atoms with van der Waals surface area (Å²) in [6.45, 7) is 1.59. The summed E-state index contributed by atoms with van der Waals surface area (Å²) in [7, 11) is 0. The van der Waals surface area contributed by atoms with Crippen LogP contribution >= 0.6 is 11.3 Å². The van der Waals surface area contributed by atoms with Crippen LogP contribution in [0.15, 0.2) is 67.1 Å². The molecule has 0 saturated heterocycles. The van der Waals surface area contributed by atoms with Crippen molar-refractivity contribution in [1.82, 2.24) is 25.1 Å². The normalized spacial score (nSPS) is 14.0. The van der Waals surface area contributed by atoms with Gasteiger partial charge >= 0.3 is 0 Å². The van der Waals surface area contributed by atoms with Crippen molar-refractivity contribution in [3.05, 3.63) is 72.0 Å². The van der Waals surface area contributed by atoms with Gasteiger partial charge < -0.3 is 10.3 Å². The zero-order valence-electron chi connectivity index (χ0n) is 23.2. The Morgan fingerprint density at radius 2 is 1.83 bits per heavy atom. The number of Topliss-reactive ketones (excluding diaryl/α,β-unsaturated/α-hetero) is 1. The van der Waals surface area contributed by atoms with Crippen LogP contribution in [0.3, 0.4) is 0 Å². The van der Waals surface area contributed by atoms with E-state index in [0.717, 1.165) is 67.0 Å². The Bertz CT molecular complexity index is 1940. The largest absolute Gasteiger partial charge is 0.353 e. The van der Waals surface area contributed by atoms with Crippen molar-refractivity contribution in [2.75, 3.05) is 5.32 Å². The summed E-state index contributed by atoms with van der Waals surface area (Å²) in [4.78, 5) is 38.9. The summed E-state index contributed by atoms with van der Waals surface area (Å²) in [6, 6.07) is 16.1. The SMILES string of the molecule is CC(=O)c1ccc(-c2cccc3[nH]c(-c4n[nH]c5ncc(-c6cncc(NC(=O)CC7CCCCC7)c6)cc45)cc23)s1. The van der Waals surface area contributed by atoms with Crippen LogP contribution in [0.4, 0.5) is 5.69 Å². The molecule has 5 aromatic heterocycles. The van der Waals surface area contributed by atoms with E-state index in [9.17, 15) is 9.59 Å². The molecule has 0 bridgehead atoms. The van der Waals surface area contributed by atoms with Crippen molar-refractivity contribution in [3.63, 3.8) is 0 Å². The van der Waals surface area contributed by atoms with E-state index in [2.05, 4.69) is 48.7 Å². The fourth-order valence-corrected chi connectivity index (χ4v) is 6.91. The number of aromatic amines is 2. The van der Waals surface area contributed by atoms with Crippen molar-refractivity contribution in [3.8, 4) is 33.0 Å². The molecule has 1 saturated carbocycles. The van der Waals surface area contributed by atoms with E-state index >= 15 is 0 Å². The summed E-state index contributed by atoms with van der Waals surface area (Å²) in [6.07, 6.45) is 11.8. The third-order valence-corrected chi connectivity index (χ3v) is 9.33. The number of hydrogen-bond donors (Lipinski definition) is 3. The first-order chi connectivity index (χ1) is 20.5. The minimum atomic E-state index is 0.0461. The number of anilines is 1. The number of amides is 1. The molecule has 1 aliphatic carbocycles. The van der Waals surface area contributed by atoms with Crippen molar-refractivity contribution in [2.45, 2.75) is 45.4 Å². The number of ketones is 1. The van der Waals surface area contributed by atoms with Crippen molar-refractivity contribution >= 4 is 50.7 Å². The molecule has 1 aromatic carbocycles. The molecule has 210 valence electrons. The van der Waals surface area contributed by atoms with Crippen LogP contribution in [-0.4, -0.2) is 36.8 Å². The molecule has 42 heavy (non-hydrogen) atoms. The molecule has 8 nitrogen and oxygen atoms in total. The first-order valence-corrected chi connectivity index (χ1v) is 15.2. The lowest BCUT2D eigenvalue weighted by Crippen LogP contribution is -2.18. The Morgan fingerprint density at radius 3 is 2.67 bits per heavy atom. The average Bonchev–Trinajstić information content (AvgIpc) is 3.75. The van der Waals surface area contributed by atoms with Crippen LogP contribution in [-0.2, 0) is 4.79 Å². The van der Waals surface area contributed by atoms with E-state index < -0.39 is 0 Å². The molecular formula is C33H30N6O2S. The predicted octanol–water partition coefficient (Wildman–Crippen LogP) is 8.01. The van der Waals surface area contributed by atoms with Crippen molar-refractivity contribution in [2.24, 2.45) is 5.92 Å². The van der Waals surface area contributed by atoms with Gasteiger partial charge in [-0.2, -0.15) is 5.10 Å². The minimum absolute atomic E-state index is 0.0461. The van der Waals surface area contributed by atoms with Crippen LogP contribution in [0.25, 0.3) is 54.9 Å². The van der Waals surface area contributed by atoms with Gasteiger partial charge in [-0.1, -0.05) is 31.4 Å². The fourth-order valence-electron chi connectivity index (χ4n) is 5.97. The highest BCUT2D eigenvalue weighted by molar-refractivity contribution is 7.17. The molecule has 1 amide bonds. The number of nitrogens with zero attached hydrogens (tertiary/aromatic N) is 3. The molecule has 0 unspecified atom stereocenters. The molecule has 5 heterocycles. The highest BCUT2D eigenvalue weighted by Gasteiger charge is 2.18. The molecule has 6 aromatic rings. The molecule has 9 heteroatoms. The Labute approximate surface area is 246 Å². The number of aromatic nitrogens is 5. The quantitative estimate of drug-likeness (QED) is 0.167. The third-order valence-electron chi connectivity index (χ3n) is 8.11. The smallest absolute Gasteiger partial charge is 0.224 e. The summed E-state index contributed by atoms with van der Waals surface area (Å²) < 4.78 is 0. The Morgan fingerprint density at radius 1 is 0.976 bits per heavy atom. The lowest BCUT2D eigenvalue weighted by Gasteiger charge is -2.20. The van der Waals surface area contributed by atoms with Crippen LogP contribution in [0.5, 0.6) is 0 Å². The molecule has 0 spiro atoms. The van der Waals surface area contributed by atoms with Gasteiger partial charge in [0, 0.05) is 56.7 Å². The third kappa shape index (κ3) is 5.12. The van der Waals surface area contributed by atoms with E-state index in [-0.39, 0.29) is 11.7 Å². The second-order valence-electron chi connectivity index (χ2n) is 11.1. The van der Waals surface area contributed by atoms with Gasteiger partial charge in [-0.3, -0.25) is 19.7 Å². The van der Waals surface area contributed by atoms with E-state index in [1.807, 2.05) is 30.3 Å². The number of rotatable bonds is 7. The number of H-pyrrole nitrogens is 2. The van der Waals surface area contributed by atoms with Crippen LogP contribution in [0.2, 0.25) is 0 Å². The first kappa shape index (κ1) is 26.3. The topological polar surface area (TPSA) is 116 Å². The van der Waals surface area contributed by atoms with Gasteiger partial charge in [-0.25, -0.2) is 4.98 Å². The predicted molar refractivity (Wildman–Crippen MR) is 168 cm³/mol. The molecule has 1 aliphatic rings. The van der Waals surface area contributed by atoms with E-state index in [1.165, 1.54) is 30.6 Å². The van der Waals surface area contributed by atoms with Gasteiger partial charge in [0.1, 0.15) is 5.69 Å². The number of benzene rings is 1. The lowest BCUT2D eigenvalue weighted by molar-refractivity contribution is -0.117. The Hall–Kier alpha value is -4.63. The maximum atomic E-state index is 12.7. The summed E-state index contributed by atoms with van der Waals surface area (Å²) in [5.41, 5.74) is 6.81. The molecule has 1 fully saturated rings. The van der Waals surface area contributed by atoms with E-state index in [0.29, 0.717) is 23.7 Å². The average molecular weight is 575 g/mol. The molecule has 3 N–H and O–H groups in total. The number of nitrogens with one attached hydrogen (secondary N) is 3. The molecular weight excluding hydrogens is 544 g/mol. The van der Waals surface area contributed by atoms with Crippen LogP contribution in [0, 0.1) is 5.92 Å². The molecule has 0 atom stereocenters. The van der Waals surface area contributed by atoms with E-state index in [1.54, 1.807) is 25.5 Å². The van der Waals surface area contributed by atoms with Gasteiger partial charge in [-0.15, -0.1) is 11.3 Å². The number of thiophene rings is 1. The molecule has 7 rings (SSSR count). The summed E-state index contributed by atoms with van der Waals surface area (Å²) in [5.74, 6) is 0.594. The maximum Gasteiger partial charge on any atom is 0.224 e. The van der Waals surface area contributed by atoms with Gasteiger partial charge in [0.25, 0.3) is 0 Å². The molecule has 0 aliphatic heterocycles. The Kier molecular flexibility index (Phi) is 6.87. The minimum Gasteiger partial charge on any atom is -0.353 e. The highest BCUT2D eigenvalue weighted by atomic mass is 32.1. The highest BCUT2D eigenvalue weighted by Crippen LogP contribution is 2.37. The van der Waals surface area contributed by atoms with Gasteiger partial charge in [0.15, 0.2) is 11.4 Å². The van der Waals surface area contributed by atoms with Crippen LogP contribution in [0.1, 0.15) is 55.1 Å². The Balaban J connectivity index is 1.19. The fraction of sp³-hybridized carbons (Fsp3) is 0.242. The second-order valence-corrected chi connectivity index (χ2v) is 12.2. The zero-order valence-corrected chi connectivity index (χ0v) is 24.1. The standard InChI is InChI=1S/C33H30N6O2S/c1-19(40)29-10-11-30(42-29)24-8-5-9-27-25(24)15-28(37-27)32-26-14-22(17-35-33(26)39-38-32)21-13-23(18-34-16-21)36-31(41)12-20-6-3-2-4-7-20/h5,8-11,13-18,20,37H,2-4,6-7,12H2,1H3,(H,36,41)(H,35,38,39). The number of hydrogen-bond acceptors (Lipinski definition) is 6. The number of fused-ring (bicyclic) bond motifs is 2. The lowest BCUT2D eigenvalue weighted by atomic mass is 9.87. The monoisotopic (exact) mass is 574 g/mol. The summed E-state index contributed by atoms with van der Waals surface area (Å²) in [5, 5.41) is 12.6. The van der Waals surface area contributed by atoms with Gasteiger partial charge in [-0.05, 0) is 62.1 Å². The number of carbonyl (C=O) groups excluding carboxylic acids is 2. The van der Waals surface area contributed by atoms with E-state index in [4.69, 9.17) is 0 Å². The first-order valence-electron chi connectivity index (χ1n) is 14.3. The van der Waals surface area contributed by atoms with Gasteiger partial charge in [0.2, 0.25) is 5.91 Å². The van der Waals surface area contributed by atoms with Gasteiger partial charge in [0.05, 0.1) is 22.5 Å². The zero-order chi connectivity index (χ0) is 28.6. The maximum absolute atomic E-state index is 12.7. The van der Waals surface area contributed by atoms with Crippen molar-refractivity contribution < 1.29 is 9.59 Å². The number of pyridine rings is 2. The van der Waals surface area contributed by atoms with Crippen molar-refractivity contribution in [1.29, 1.82) is 0 Å². The second kappa shape index (κ2) is 11.0. The molecule has 0 radical (unpaired) electrons.